The van der Waals surface area contributed by atoms with Gasteiger partial charge in [-0.25, -0.2) is 14.6 Å². The van der Waals surface area contributed by atoms with Gasteiger partial charge < -0.3 is 29.5 Å². The van der Waals surface area contributed by atoms with Crippen LogP contribution in [0.25, 0.3) is 5.57 Å². The Hall–Kier alpha value is -3.64. The van der Waals surface area contributed by atoms with Gasteiger partial charge in [0, 0.05) is 50.5 Å². The quantitative estimate of drug-likeness (QED) is 0.409. The molecule has 3 aliphatic rings. The van der Waals surface area contributed by atoms with Gasteiger partial charge in [0.2, 0.25) is 0 Å². The molecule has 1 aromatic heterocycles. The monoisotopic (exact) mass is 626 g/mol. The van der Waals surface area contributed by atoms with Crippen LogP contribution in [0, 0.1) is 6.92 Å². The molecule has 44 heavy (non-hydrogen) atoms. The minimum Gasteiger partial charge on any atom is -0.496 e. The molecule has 2 bridgehead atoms. The lowest BCUT2D eigenvalue weighted by Crippen LogP contribution is -2.65. The molecule has 1 saturated carbocycles. The van der Waals surface area contributed by atoms with E-state index in [-0.39, 0.29) is 38.1 Å². The third-order valence-corrected chi connectivity index (χ3v) is 9.48. The molecule has 0 spiro atoms. The number of methoxy groups -OCH3 is 1. The summed E-state index contributed by atoms with van der Waals surface area (Å²) in [6, 6.07) is 4.39. The molecule has 2 atom stereocenters. The van der Waals surface area contributed by atoms with Crippen molar-refractivity contribution in [3.05, 3.63) is 51.0 Å². The number of aliphatic hydroxyl groups is 1. The Morgan fingerprint density at radius 3 is 2.57 bits per heavy atom. The van der Waals surface area contributed by atoms with Crippen LogP contribution in [0.15, 0.2) is 30.0 Å². The fraction of sp³-hybridized carbons (Fsp3) is 0.562. The van der Waals surface area contributed by atoms with E-state index < -0.39 is 29.9 Å². The van der Waals surface area contributed by atoms with Gasteiger partial charge in [-0.3, -0.25) is 9.69 Å². The van der Waals surface area contributed by atoms with E-state index in [4.69, 9.17) is 9.47 Å². The number of amides is 3. The van der Waals surface area contributed by atoms with Gasteiger partial charge in [-0.05, 0) is 76.1 Å². The summed E-state index contributed by atoms with van der Waals surface area (Å²) < 4.78 is 11.2. The topological polar surface area (TPSA) is 133 Å². The average molecular weight is 627 g/mol. The van der Waals surface area contributed by atoms with Crippen molar-refractivity contribution in [1.82, 2.24) is 19.7 Å². The van der Waals surface area contributed by atoms with Gasteiger partial charge in [0.25, 0.3) is 5.91 Å². The summed E-state index contributed by atoms with van der Waals surface area (Å²) >= 11 is 1.47. The van der Waals surface area contributed by atoms with E-state index in [9.17, 15) is 24.6 Å². The van der Waals surface area contributed by atoms with Crippen LogP contribution in [0.3, 0.4) is 0 Å². The number of hydrogen-bond donors (Lipinski definition) is 2. The fourth-order valence-corrected chi connectivity index (χ4v) is 7.14. The highest BCUT2D eigenvalue weighted by molar-refractivity contribution is 7.12. The number of piperazine rings is 1. The smallest absolute Gasteiger partial charge is 0.410 e. The highest BCUT2D eigenvalue weighted by Crippen LogP contribution is 2.43. The lowest BCUT2D eigenvalue weighted by Gasteiger charge is -2.50. The summed E-state index contributed by atoms with van der Waals surface area (Å²) in [6.07, 6.45) is 3.29. The molecule has 2 fully saturated rings. The molecule has 11 nitrogen and oxygen atoms in total. The Bertz CT molecular complexity index is 1440. The van der Waals surface area contributed by atoms with Gasteiger partial charge in [-0.15, -0.1) is 11.3 Å². The van der Waals surface area contributed by atoms with Crippen LogP contribution in [0.4, 0.5) is 9.59 Å². The number of ether oxygens (including phenoxy) is 2. The number of carbonyl (C=O) groups is 3. The summed E-state index contributed by atoms with van der Waals surface area (Å²) in [6.45, 7) is 7.92. The molecule has 1 unspecified atom stereocenters. The van der Waals surface area contributed by atoms with Crippen LogP contribution in [0.2, 0.25) is 0 Å². The third-order valence-electron chi connectivity index (χ3n) is 8.36. The zero-order valence-electron chi connectivity index (χ0n) is 26.0. The molecule has 238 valence electrons. The van der Waals surface area contributed by atoms with Crippen LogP contribution in [-0.4, -0.2) is 98.5 Å². The molecular formula is C32H42N4O7S. The number of aryl methyl sites for hydroxylation is 1. The Kier molecular flexibility index (Phi) is 9.22. The maximum absolute atomic E-state index is 14.8. The van der Waals surface area contributed by atoms with Crippen molar-refractivity contribution in [3.8, 4) is 5.75 Å². The molecule has 12 heteroatoms. The second-order valence-electron chi connectivity index (χ2n) is 12.7. The van der Waals surface area contributed by atoms with E-state index in [1.807, 2.05) is 30.0 Å². The Morgan fingerprint density at radius 2 is 1.93 bits per heavy atom. The number of carboxylic acid groups (broad SMARTS) is 1. The first-order chi connectivity index (χ1) is 20.9. The summed E-state index contributed by atoms with van der Waals surface area (Å²) in [5.74, 6) is 0.513. The normalized spacial score (nSPS) is 20.0. The standard InChI is InChI=1S/C32H42N4O7S/c1-19-20(8-6-9-25(19)42-5)16-35(21-11-12-21)29(38)28-23(26-15-33-27(44-26)10-7-13-37)14-22-17-34(31(41)43-32(2,3)4)18-24(28)36(22)30(39)40/h6,8-9,15,21-22,24,37H,7,10-14,16-18H2,1-5H3,(H,39,40)/t22?,24-/m1/s1. The molecule has 1 saturated heterocycles. The maximum Gasteiger partial charge on any atom is 0.410 e. The number of aromatic nitrogens is 1. The first-order valence-corrected chi connectivity index (χ1v) is 15.9. The Balaban J connectivity index is 1.59. The van der Waals surface area contributed by atoms with Gasteiger partial charge in [0.05, 0.1) is 29.1 Å². The van der Waals surface area contributed by atoms with E-state index in [1.165, 1.54) is 21.1 Å². The van der Waals surface area contributed by atoms with Crippen LogP contribution in [-0.2, 0) is 22.5 Å². The predicted octanol–water partition coefficient (Wildman–Crippen LogP) is 4.70. The van der Waals surface area contributed by atoms with Crippen molar-refractivity contribution >= 4 is 35.0 Å². The zero-order valence-corrected chi connectivity index (χ0v) is 26.9. The molecule has 3 amide bonds. The summed E-state index contributed by atoms with van der Waals surface area (Å²) in [7, 11) is 1.62. The van der Waals surface area contributed by atoms with Crippen molar-refractivity contribution in [2.24, 2.45) is 0 Å². The largest absolute Gasteiger partial charge is 0.496 e. The molecule has 1 aliphatic carbocycles. The second-order valence-corrected chi connectivity index (χ2v) is 13.8. The number of rotatable bonds is 9. The molecule has 3 heterocycles. The predicted molar refractivity (Wildman–Crippen MR) is 166 cm³/mol. The molecule has 2 aliphatic heterocycles. The van der Waals surface area contributed by atoms with E-state index in [1.54, 1.807) is 34.1 Å². The Labute approximate surface area is 262 Å². The lowest BCUT2D eigenvalue weighted by atomic mass is 9.83. The van der Waals surface area contributed by atoms with E-state index >= 15 is 0 Å². The first-order valence-electron chi connectivity index (χ1n) is 15.1. The molecule has 5 rings (SSSR count). The van der Waals surface area contributed by atoms with Gasteiger partial charge >= 0.3 is 12.2 Å². The molecular weight excluding hydrogens is 584 g/mol. The average Bonchev–Trinajstić information content (AvgIpc) is 3.69. The second kappa shape index (κ2) is 12.8. The van der Waals surface area contributed by atoms with Gasteiger partial charge in [0.1, 0.15) is 11.4 Å². The van der Waals surface area contributed by atoms with E-state index in [0.717, 1.165) is 45.2 Å². The van der Waals surface area contributed by atoms with E-state index in [0.29, 0.717) is 25.0 Å². The number of benzene rings is 1. The van der Waals surface area contributed by atoms with Gasteiger partial charge in [0.15, 0.2) is 0 Å². The molecule has 1 aromatic carbocycles. The SMILES string of the molecule is COc1cccc(CN(C(=O)C2=C(c3cnc(CCCO)s3)CC3CN(C(=O)OC(C)(C)C)C[C@H]2N3C(=O)O)C2CC2)c1C. The van der Waals surface area contributed by atoms with Gasteiger partial charge in [-0.2, -0.15) is 0 Å². The number of hydrogen-bond acceptors (Lipinski definition) is 8. The molecule has 2 N–H and O–H groups in total. The van der Waals surface area contributed by atoms with Crippen LogP contribution in [0.5, 0.6) is 5.75 Å². The van der Waals surface area contributed by atoms with Crippen molar-refractivity contribution in [3.63, 3.8) is 0 Å². The molecule has 0 radical (unpaired) electrons. The maximum atomic E-state index is 14.8. The number of aliphatic hydroxyl groups excluding tert-OH is 1. The van der Waals surface area contributed by atoms with E-state index in [2.05, 4.69) is 4.98 Å². The van der Waals surface area contributed by atoms with Crippen molar-refractivity contribution in [2.75, 3.05) is 26.8 Å². The van der Waals surface area contributed by atoms with Crippen LogP contribution >= 0.6 is 11.3 Å². The summed E-state index contributed by atoms with van der Waals surface area (Å²) in [5.41, 5.74) is 2.36. The van der Waals surface area contributed by atoms with Crippen LogP contribution < -0.4 is 4.74 Å². The fourth-order valence-electron chi connectivity index (χ4n) is 6.12. The third kappa shape index (κ3) is 6.71. The zero-order chi connectivity index (χ0) is 31.8. The molecule has 2 aromatic rings. The van der Waals surface area contributed by atoms with Crippen molar-refractivity contribution in [1.29, 1.82) is 0 Å². The summed E-state index contributed by atoms with van der Waals surface area (Å²) in [5, 5.41) is 20.6. The van der Waals surface area contributed by atoms with Gasteiger partial charge in [-0.1, -0.05) is 12.1 Å². The number of carbonyl (C=O) groups excluding carboxylic acids is 2. The number of thiazole rings is 1. The minimum atomic E-state index is -1.12. The number of nitrogens with zero attached hydrogens (tertiary/aromatic N) is 4. The number of fused-ring (bicyclic) bond motifs is 2. The Morgan fingerprint density at radius 1 is 1.18 bits per heavy atom. The van der Waals surface area contributed by atoms with Crippen molar-refractivity contribution in [2.45, 2.75) is 90.1 Å². The highest BCUT2D eigenvalue weighted by atomic mass is 32.1. The lowest BCUT2D eigenvalue weighted by molar-refractivity contribution is -0.129. The minimum absolute atomic E-state index is 0.00908. The van der Waals surface area contributed by atoms with Crippen molar-refractivity contribution < 1.29 is 34.1 Å². The summed E-state index contributed by atoms with van der Waals surface area (Å²) in [4.78, 5) is 50.9. The first kappa shape index (κ1) is 31.8. The highest BCUT2D eigenvalue weighted by Gasteiger charge is 2.50. The van der Waals surface area contributed by atoms with Crippen LogP contribution in [0.1, 0.15) is 67.5 Å².